The molecule has 3 aromatic rings. The SMILES string of the molecule is COc1ccc(-c2nc(Cc3ccc(C(N)=O)cc3)no2)cc1OC. The number of carbonyl (C=O) groups is 1. The van der Waals surface area contributed by atoms with Gasteiger partial charge in [0.25, 0.3) is 5.89 Å². The zero-order chi connectivity index (χ0) is 17.8. The molecular weight excluding hydrogens is 322 g/mol. The minimum Gasteiger partial charge on any atom is -0.493 e. The number of nitrogens with zero attached hydrogens (tertiary/aromatic N) is 2. The minimum atomic E-state index is -0.457. The number of hydrogen-bond donors (Lipinski definition) is 1. The molecule has 0 atom stereocenters. The topological polar surface area (TPSA) is 100 Å². The summed E-state index contributed by atoms with van der Waals surface area (Å²) in [6.45, 7) is 0. The van der Waals surface area contributed by atoms with Crippen LogP contribution in [-0.2, 0) is 6.42 Å². The number of hydrogen-bond acceptors (Lipinski definition) is 6. The van der Waals surface area contributed by atoms with Crippen molar-refractivity contribution in [3.63, 3.8) is 0 Å². The van der Waals surface area contributed by atoms with Gasteiger partial charge in [0, 0.05) is 17.5 Å². The van der Waals surface area contributed by atoms with Gasteiger partial charge in [-0.3, -0.25) is 4.79 Å². The average Bonchev–Trinajstić information content (AvgIpc) is 3.10. The summed E-state index contributed by atoms with van der Waals surface area (Å²) in [6.07, 6.45) is 0.482. The van der Waals surface area contributed by atoms with Gasteiger partial charge >= 0.3 is 0 Å². The molecule has 0 aliphatic carbocycles. The van der Waals surface area contributed by atoms with Crippen LogP contribution in [0.15, 0.2) is 47.0 Å². The minimum absolute atomic E-state index is 0.393. The van der Waals surface area contributed by atoms with Crippen LogP contribution in [0, 0.1) is 0 Å². The van der Waals surface area contributed by atoms with Crippen molar-refractivity contribution < 1.29 is 18.8 Å². The summed E-state index contributed by atoms with van der Waals surface area (Å²) in [7, 11) is 3.14. The molecule has 3 rings (SSSR count). The Morgan fingerprint density at radius 2 is 1.80 bits per heavy atom. The fraction of sp³-hybridized carbons (Fsp3) is 0.167. The maximum absolute atomic E-state index is 11.1. The zero-order valence-electron chi connectivity index (χ0n) is 13.9. The monoisotopic (exact) mass is 339 g/mol. The standard InChI is InChI=1S/C18H17N3O4/c1-23-14-8-7-13(10-15(14)24-2)18-20-16(21-25-18)9-11-3-5-12(6-4-11)17(19)22/h3-8,10H,9H2,1-2H3,(H2,19,22). The van der Waals surface area contributed by atoms with Gasteiger partial charge in [-0.25, -0.2) is 0 Å². The van der Waals surface area contributed by atoms with E-state index in [0.717, 1.165) is 11.1 Å². The average molecular weight is 339 g/mol. The van der Waals surface area contributed by atoms with Crippen molar-refractivity contribution in [3.05, 3.63) is 59.4 Å². The van der Waals surface area contributed by atoms with Crippen molar-refractivity contribution in [2.24, 2.45) is 5.73 Å². The largest absolute Gasteiger partial charge is 0.493 e. The lowest BCUT2D eigenvalue weighted by Gasteiger charge is -2.07. The van der Waals surface area contributed by atoms with Gasteiger partial charge in [0.2, 0.25) is 5.91 Å². The van der Waals surface area contributed by atoms with Crippen molar-refractivity contribution in [3.8, 4) is 23.0 Å². The molecule has 0 aliphatic rings. The Labute approximate surface area is 144 Å². The quantitative estimate of drug-likeness (QED) is 0.740. The van der Waals surface area contributed by atoms with Gasteiger partial charge in [0.05, 0.1) is 14.2 Å². The van der Waals surface area contributed by atoms with Crippen LogP contribution in [0.25, 0.3) is 11.5 Å². The van der Waals surface area contributed by atoms with Gasteiger partial charge in [0.1, 0.15) is 0 Å². The molecule has 0 bridgehead atoms. The van der Waals surface area contributed by atoms with E-state index in [1.165, 1.54) is 0 Å². The predicted octanol–water partition coefficient (Wildman–Crippen LogP) is 2.44. The van der Waals surface area contributed by atoms with Crippen molar-refractivity contribution in [1.82, 2.24) is 10.1 Å². The molecule has 0 spiro atoms. The number of methoxy groups -OCH3 is 2. The molecule has 7 heteroatoms. The second-order valence-corrected chi connectivity index (χ2v) is 5.32. The summed E-state index contributed by atoms with van der Waals surface area (Å²) in [5.74, 6) is 1.69. The first-order valence-electron chi connectivity index (χ1n) is 7.54. The number of rotatable bonds is 6. The second kappa shape index (κ2) is 7.04. The lowest BCUT2D eigenvalue weighted by Crippen LogP contribution is -2.10. The lowest BCUT2D eigenvalue weighted by molar-refractivity contribution is 0.100. The van der Waals surface area contributed by atoms with Crippen molar-refractivity contribution >= 4 is 5.91 Å². The van der Waals surface area contributed by atoms with E-state index in [9.17, 15) is 4.79 Å². The van der Waals surface area contributed by atoms with E-state index in [1.54, 1.807) is 38.5 Å². The Bertz CT molecular complexity index is 888. The second-order valence-electron chi connectivity index (χ2n) is 5.32. The first-order valence-corrected chi connectivity index (χ1v) is 7.54. The van der Waals surface area contributed by atoms with Crippen LogP contribution < -0.4 is 15.2 Å². The molecule has 0 unspecified atom stereocenters. The van der Waals surface area contributed by atoms with E-state index >= 15 is 0 Å². The molecule has 0 radical (unpaired) electrons. The van der Waals surface area contributed by atoms with E-state index < -0.39 is 5.91 Å². The molecule has 128 valence electrons. The maximum atomic E-state index is 11.1. The van der Waals surface area contributed by atoms with Crippen LogP contribution in [0.2, 0.25) is 0 Å². The Kier molecular flexibility index (Phi) is 4.65. The fourth-order valence-electron chi connectivity index (χ4n) is 2.38. The van der Waals surface area contributed by atoms with Gasteiger partial charge in [0.15, 0.2) is 17.3 Å². The van der Waals surface area contributed by atoms with E-state index in [2.05, 4.69) is 10.1 Å². The summed E-state index contributed by atoms with van der Waals surface area (Å²) in [4.78, 5) is 15.5. The molecular formula is C18H17N3O4. The molecule has 0 aliphatic heterocycles. The zero-order valence-corrected chi connectivity index (χ0v) is 13.9. The molecule has 0 fully saturated rings. The van der Waals surface area contributed by atoms with Crippen molar-refractivity contribution in [1.29, 1.82) is 0 Å². The Hall–Kier alpha value is -3.35. The number of primary amides is 1. The molecule has 2 N–H and O–H groups in total. The highest BCUT2D eigenvalue weighted by Crippen LogP contribution is 2.31. The Morgan fingerprint density at radius 3 is 2.44 bits per heavy atom. The number of nitrogens with two attached hydrogens (primary N) is 1. The van der Waals surface area contributed by atoms with Crippen LogP contribution in [0.1, 0.15) is 21.7 Å². The van der Waals surface area contributed by atoms with Crippen molar-refractivity contribution in [2.45, 2.75) is 6.42 Å². The van der Waals surface area contributed by atoms with Crippen LogP contribution in [0.5, 0.6) is 11.5 Å². The van der Waals surface area contributed by atoms with Gasteiger partial charge in [-0.2, -0.15) is 4.98 Å². The normalized spacial score (nSPS) is 10.5. The fourth-order valence-corrected chi connectivity index (χ4v) is 2.38. The number of amides is 1. The van der Waals surface area contributed by atoms with Crippen LogP contribution >= 0.6 is 0 Å². The van der Waals surface area contributed by atoms with Gasteiger partial charge < -0.3 is 19.7 Å². The molecule has 0 saturated heterocycles. The number of benzene rings is 2. The smallest absolute Gasteiger partial charge is 0.258 e. The summed E-state index contributed by atoms with van der Waals surface area (Å²) in [6, 6.07) is 12.3. The molecule has 0 saturated carbocycles. The molecule has 2 aromatic carbocycles. The molecule has 1 amide bonds. The van der Waals surface area contributed by atoms with Gasteiger partial charge in [-0.1, -0.05) is 17.3 Å². The maximum Gasteiger partial charge on any atom is 0.258 e. The van der Waals surface area contributed by atoms with E-state index in [1.807, 2.05) is 18.2 Å². The predicted molar refractivity (Wildman–Crippen MR) is 90.6 cm³/mol. The van der Waals surface area contributed by atoms with Crippen LogP contribution in [0.3, 0.4) is 0 Å². The lowest BCUT2D eigenvalue weighted by atomic mass is 10.1. The Balaban J connectivity index is 1.79. The molecule has 1 heterocycles. The third kappa shape index (κ3) is 3.60. The first kappa shape index (κ1) is 16.5. The number of carbonyl (C=O) groups excluding carboxylic acids is 1. The first-order chi connectivity index (χ1) is 12.1. The van der Waals surface area contributed by atoms with E-state index in [0.29, 0.717) is 35.2 Å². The summed E-state index contributed by atoms with van der Waals surface area (Å²) >= 11 is 0. The van der Waals surface area contributed by atoms with E-state index in [4.69, 9.17) is 19.7 Å². The van der Waals surface area contributed by atoms with Crippen LogP contribution in [0.4, 0.5) is 0 Å². The molecule has 1 aromatic heterocycles. The van der Waals surface area contributed by atoms with E-state index in [-0.39, 0.29) is 0 Å². The third-order valence-corrected chi connectivity index (χ3v) is 3.70. The Morgan fingerprint density at radius 1 is 1.08 bits per heavy atom. The van der Waals surface area contributed by atoms with Gasteiger partial charge in [-0.05, 0) is 35.9 Å². The summed E-state index contributed by atoms with van der Waals surface area (Å²) in [5, 5.41) is 3.99. The number of ether oxygens (including phenoxy) is 2. The highest BCUT2D eigenvalue weighted by molar-refractivity contribution is 5.92. The third-order valence-electron chi connectivity index (χ3n) is 3.70. The van der Waals surface area contributed by atoms with Crippen molar-refractivity contribution in [2.75, 3.05) is 14.2 Å². The number of aromatic nitrogens is 2. The molecule has 25 heavy (non-hydrogen) atoms. The summed E-state index contributed by atoms with van der Waals surface area (Å²) < 4.78 is 15.8. The highest BCUT2D eigenvalue weighted by Gasteiger charge is 2.13. The molecule has 7 nitrogen and oxygen atoms in total. The highest BCUT2D eigenvalue weighted by atomic mass is 16.5. The van der Waals surface area contributed by atoms with Gasteiger partial charge in [-0.15, -0.1) is 0 Å². The van der Waals surface area contributed by atoms with Crippen LogP contribution in [-0.4, -0.2) is 30.3 Å². The summed E-state index contributed by atoms with van der Waals surface area (Å²) in [5.41, 5.74) is 7.38.